The Bertz CT molecular complexity index is 314. The van der Waals surface area contributed by atoms with Gasteiger partial charge >= 0.3 is 0 Å². The molecule has 0 aromatic rings. The Morgan fingerprint density at radius 3 is 2.58 bits per heavy atom. The maximum absolute atomic E-state index is 12.3. The molecule has 1 heterocycles. The number of amides is 1. The summed E-state index contributed by atoms with van der Waals surface area (Å²) in [5, 5.41) is 3.14. The van der Waals surface area contributed by atoms with Gasteiger partial charge in [0.1, 0.15) is 0 Å². The zero-order valence-electron chi connectivity index (χ0n) is 11.6. The van der Waals surface area contributed by atoms with Crippen molar-refractivity contribution < 1.29 is 9.53 Å². The van der Waals surface area contributed by atoms with E-state index in [1.807, 2.05) is 0 Å². The number of carbonyl (C=O) groups excluding carboxylic acids is 1. The van der Waals surface area contributed by atoms with E-state index in [1.165, 1.54) is 19.3 Å². The quantitative estimate of drug-likeness (QED) is 0.809. The first-order valence-electron chi connectivity index (χ1n) is 7.85. The topological polar surface area (TPSA) is 64.4 Å². The van der Waals surface area contributed by atoms with E-state index in [9.17, 15) is 4.79 Å². The first-order valence-corrected chi connectivity index (χ1v) is 7.85. The molecule has 2 saturated carbocycles. The van der Waals surface area contributed by atoms with Crippen molar-refractivity contribution in [3.05, 3.63) is 0 Å². The second kappa shape index (κ2) is 5.80. The summed E-state index contributed by atoms with van der Waals surface area (Å²) in [4.78, 5) is 12.3. The third-order valence-electron chi connectivity index (χ3n) is 5.37. The maximum atomic E-state index is 12.3. The molecule has 0 spiro atoms. The van der Waals surface area contributed by atoms with Crippen LogP contribution in [-0.4, -0.2) is 31.7 Å². The normalized spacial score (nSPS) is 42.1. The average molecular weight is 266 g/mol. The van der Waals surface area contributed by atoms with Gasteiger partial charge in [-0.15, -0.1) is 0 Å². The molecule has 1 saturated heterocycles. The van der Waals surface area contributed by atoms with Crippen LogP contribution in [0.3, 0.4) is 0 Å². The van der Waals surface area contributed by atoms with Crippen molar-refractivity contribution in [2.45, 2.75) is 44.6 Å². The Labute approximate surface area is 115 Å². The number of rotatable bonds is 3. The van der Waals surface area contributed by atoms with Gasteiger partial charge in [-0.3, -0.25) is 4.79 Å². The molecule has 3 unspecified atom stereocenters. The number of ether oxygens (including phenoxy) is 1. The number of hydrogen-bond acceptors (Lipinski definition) is 3. The van der Waals surface area contributed by atoms with Gasteiger partial charge in [-0.2, -0.15) is 0 Å². The zero-order chi connectivity index (χ0) is 13.2. The summed E-state index contributed by atoms with van der Waals surface area (Å²) in [6.07, 6.45) is 6.84. The Balaban J connectivity index is 1.50. The third kappa shape index (κ3) is 2.95. The molecule has 0 radical (unpaired) electrons. The van der Waals surface area contributed by atoms with Crippen molar-refractivity contribution in [1.82, 2.24) is 5.32 Å². The summed E-state index contributed by atoms with van der Waals surface area (Å²) in [6, 6.07) is 0.348. The van der Waals surface area contributed by atoms with Gasteiger partial charge in [-0.05, 0) is 43.9 Å². The van der Waals surface area contributed by atoms with Crippen LogP contribution in [0.4, 0.5) is 0 Å². The second-order valence-corrected chi connectivity index (χ2v) is 6.67. The SMILES string of the molecule is NC1C2CCCC1CC(C(=O)NCC1CCOC1)C2. The fraction of sp³-hybridized carbons (Fsp3) is 0.933. The maximum Gasteiger partial charge on any atom is 0.223 e. The van der Waals surface area contributed by atoms with Crippen molar-refractivity contribution in [1.29, 1.82) is 0 Å². The molecule has 0 aromatic heterocycles. The van der Waals surface area contributed by atoms with Gasteiger partial charge in [0, 0.05) is 31.0 Å². The minimum absolute atomic E-state index is 0.206. The largest absolute Gasteiger partial charge is 0.381 e. The van der Waals surface area contributed by atoms with E-state index in [0.29, 0.717) is 23.8 Å². The van der Waals surface area contributed by atoms with Crippen LogP contribution in [0.15, 0.2) is 0 Å². The molecule has 2 bridgehead atoms. The van der Waals surface area contributed by atoms with Crippen LogP contribution in [0.25, 0.3) is 0 Å². The molecular weight excluding hydrogens is 240 g/mol. The molecule has 3 fully saturated rings. The highest BCUT2D eigenvalue weighted by molar-refractivity contribution is 5.78. The molecular formula is C15H26N2O2. The van der Waals surface area contributed by atoms with Gasteiger partial charge in [-0.25, -0.2) is 0 Å². The fourth-order valence-corrected chi connectivity index (χ4v) is 4.14. The molecule has 1 aliphatic heterocycles. The van der Waals surface area contributed by atoms with Gasteiger partial charge in [0.05, 0.1) is 6.61 Å². The Morgan fingerprint density at radius 1 is 1.21 bits per heavy atom. The number of carbonyl (C=O) groups is 1. The molecule has 2 aliphatic carbocycles. The van der Waals surface area contributed by atoms with Gasteiger partial charge in [0.2, 0.25) is 5.91 Å². The highest BCUT2D eigenvalue weighted by atomic mass is 16.5. The van der Waals surface area contributed by atoms with Crippen LogP contribution < -0.4 is 11.1 Å². The molecule has 3 aliphatic rings. The lowest BCUT2D eigenvalue weighted by Crippen LogP contribution is -2.49. The van der Waals surface area contributed by atoms with Gasteiger partial charge in [0.15, 0.2) is 0 Å². The number of nitrogens with one attached hydrogen (secondary N) is 1. The first kappa shape index (κ1) is 13.4. The molecule has 3 N–H and O–H groups in total. The molecule has 0 aromatic carbocycles. The molecule has 3 atom stereocenters. The summed E-state index contributed by atoms with van der Waals surface area (Å²) >= 11 is 0. The zero-order valence-corrected chi connectivity index (χ0v) is 11.6. The highest BCUT2D eigenvalue weighted by Crippen LogP contribution is 2.41. The van der Waals surface area contributed by atoms with Crippen molar-refractivity contribution in [3.8, 4) is 0 Å². The molecule has 3 rings (SSSR count). The van der Waals surface area contributed by atoms with Crippen LogP contribution in [0.2, 0.25) is 0 Å². The van der Waals surface area contributed by atoms with Crippen LogP contribution in [0.5, 0.6) is 0 Å². The lowest BCUT2D eigenvalue weighted by molar-refractivity contribution is -0.128. The van der Waals surface area contributed by atoms with Crippen LogP contribution >= 0.6 is 0 Å². The Kier molecular flexibility index (Phi) is 4.08. The molecule has 108 valence electrons. The van der Waals surface area contributed by atoms with Crippen molar-refractivity contribution in [3.63, 3.8) is 0 Å². The van der Waals surface area contributed by atoms with E-state index >= 15 is 0 Å². The lowest BCUT2D eigenvalue weighted by Gasteiger charge is -2.43. The summed E-state index contributed by atoms with van der Waals surface area (Å²) in [5.41, 5.74) is 6.27. The predicted octanol–water partition coefficient (Wildman–Crippen LogP) is 1.29. The third-order valence-corrected chi connectivity index (χ3v) is 5.37. The lowest BCUT2D eigenvalue weighted by atomic mass is 9.65. The first-order chi connectivity index (χ1) is 9.24. The van der Waals surface area contributed by atoms with E-state index in [-0.39, 0.29) is 11.8 Å². The Hall–Kier alpha value is -0.610. The van der Waals surface area contributed by atoms with E-state index < -0.39 is 0 Å². The van der Waals surface area contributed by atoms with E-state index in [2.05, 4.69) is 5.32 Å². The van der Waals surface area contributed by atoms with Crippen molar-refractivity contribution in [2.24, 2.45) is 29.4 Å². The van der Waals surface area contributed by atoms with Crippen molar-refractivity contribution >= 4 is 5.91 Å². The van der Waals surface area contributed by atoms with Crippen molar-refractivity contribution in [2.75, 3.05) is 19.8 Å². The second-order valence-electron chi connectivity index (χ2n) is 6.67. The molecule has 4 nitrogen and oxygen atoms in total. The smallest absolute Gasteiger partial charge is 0.223 e. The van der Waals surface area contributed by atoms with Gasteiger partial charge < -0.3 is 15.8 Å². The van der Waals surface area contributed by atoms with Crippen LogP contribution in [-0.2, 0) is 9.53 Å². The van der Waals surface area contributed by atoms with Crippen LogP contribution in [0.1, 0.15) is 38.5 Å². The fourth-order valence-electron chi connectivity index (χ4n) is 4.14. The molecule has 1 amide bonds. The van der Waals surface area contributed by atoms with E-state index in [1.54, 1.807) is 0 Å². The minimum atomic E-state index is 0.206. The van der Waals surface area contributed by atoms with Crippen LogP contribution in [0, 0.1) is 23.7 Å². The minimum Gasteiger partial charge on any atom is -0.381 e. The monoisotopic (exact) mass is 266 g/mol. The number of nitrogens with two attached hydrogens (primary N) is 1. The number of fused-ring (bicyclic) bond motifs is 2. The standard InChI is InChI=1S/C15H26N2O2/c16-14-11-2-1-3-12(14)7-13(6-11)15(18)17-8-10-4-5-19-9-10/h10-14H,1-9,16H2,(H,17,18). The summed E-state index contributed by atoms with van der Waals surface area (Å²) in [6.45, 7) is 2.45. The highest BCUT2D eigenvalue weighted by Gasteiger charge is 2.40. The average Bonchev–Trinajstić information content (AvgIpc) is 2.88. The van der Waals surface area contributed by atoms with E-state index in [4.69, 9.17) is 10.5 Å². The molecule has 4 heteroatoms. The van der Waals surface area contributed by atoms with E-state index in [0.717, 1.165) is 39.0 Å². The van der Waals surface area contributed by atoms with Gasteiger partial charge in [-0.1, -0.05) is 6.42 Å². The Morgan fingerprint density at radius 2 is 1.95 bits per heavy atom. The number of hydrogen-bond donors (Lipinski definition) is 2. The molecule has 19 heavy (non-hydrogen) atoms. The summed E-state index contributed by atoms with van der Waals surface area (Å²) in [7, 11) is 0. The predicted molar refractivity (Wildman–Crippen MR) is 73.5 cm³/mol. The summed E-state index contributed by atoms with van der Waals surface area (Å²) in [5.74, 6) is 2.15. The van der Waals surface area contributed by atoms with Gasteiger partial charge in [0.25, 0.3) is 0 Å². The summed E-state index contributed by atoms with van der Waals surface area (Å²) < 4.78 is 5.34.